The zero-order valence-corrected chi connectivity index (χ0v) is 17.4. The average Bonchev–Trinajstić information content (AvgIpc) is 3.21. The number of benzene rings is 2. The highest BCUT2D eigenvalue weighted by Crippen LogP contribution is 2.34. The number of carbonyl (C=O) groups excluding carboxylic acids is 1. The van der Waals surface area contributed by atoms with Crippen molar-refractivity contribution in [3.05, 3.63) is 81.3 Å². The van der Waals surface area contributed by atoms with E-state index in [4.69, 9.17) is 14.2 Å². The minimum Gasteiger partial charge on any atom is -0.486 e. The molecule has 0 saturated heterocycles. The number of fused-ring (bicyclic) bond motifs is 1. The Morgan fingerprint density at radius 1 is 1.19 bits per heavy atom. The van der Waals surface area contributed by atoms with Crippen LogP contribution in [0.3, 0.4) is 0 Å². The van der Waals surface area contributed by atoms with Crippen molar-refractivity contribution in [1.82, 2.24) is 9.55 Å². The van der Waals surface area contributed by atoms with Crippen molar-refractivity contribution in [2.75, 3.05) is 19.8 Å². The van der Waals surface area contributed by atoms with E-state index < -0.39 is 10.9 Å². The Hall–Kier alpha value is -4.14. The van der Waals surface area contributed by atoms with Crippen molar-refractivity contribution in [3.8, 4) is 11.5 Å². The van der Waals surface area contributed by atoms with E-state index in [0.717, 1.165) is 11.1 Å². The zero-order chi connectivity index (χ0) is 22.5. The summed E-state index contributed by atoms with van der Waals surface area (Å²) in [6.07, 6.45) is 4.70. The maximum Gasteiger partial charge on any atom is 0.343 e. The third-order valence-corrected chi connectivity index (χ3v) is 4.89. The number of imidazole rings is 1. The van der Waals surface area contributed by atoms with Gasteiger partial charge in [-0.1, -0.05) is 35.9 Å². The second kappa shape index (κ2) is 9.34. The Kier molecular flexibility index (Phi) is 6.16. The molecule has 0 radical (unpaired) electrons. The molecular weight excluding hydrogens is 414 g/mol. The molecule has 0 bridgehead atoms. The lowest BCUT2D eigenvalue weighted by molar-refractivity contribution is -0.392. The maximum atomic E-state index is 12.6. The quantitative estimate of drug-likeness (QED) is 0.315. The van der Waals surface area contributed by atoms with Crippen molar-refractivity contribution < 1.29 is 23.9 Å². The Morgan fingerprint density at radius 3 is 2.75 bits per heavy atom. The van der Waals surface area contributed by atoms with Gasteiger partial charge in [-0.3, -0.25) is 0 Å². The highest BCUT2D eigenvalue weighted by Gasteiger charge is 2.23. The van der Waals surface area contributed by atoms with Crippen LogP contribution < -0.4 is 9.47 Å². The fraction of sp³-hybridized carbons (Fsp3) is 0.217. The van der Waals surface area contributed by atoms with E-state index in [0.29, 0.717) is 30.5 Å². The van der Waals surface area contributed by atoms with E-state index in [-0.39, 0.29) is 24.5 Å². The topological polar surface area (TPSA) is 106 Å². The molecule has 0 unspecified atom stereocenters. The predicted molar refractivity (Wildman–Crippen MR) is 117 cm³/mol. The van der Waals surface area contributed by atoms with Crippen molar-refractivity contribution >= 4 is 23.9 Å². The van der Waals surface area contributed by atoms with Gasteiger partial charge >= 0.3 is 11.8 Å². The van der Waals surface area contributed by atoms with Crippen LogP contribution in [0.1, 0.15) is 27.3 Å². The molecule has 0 aliphatic carbocycles. The summed E-state index contributed by atoms with van der Waals surface area (Å²) in [5.41, 5.74) is 2.33. The van der Waals surface area contributed by atoms with Gasteiger partial charge in [0.2, 0.25) is 5.82 Å². The second-order valence-corrected chi connectivity index (χ2v) is 7.09. The summed E-state index contributed by atoms with van der Waals surface area (Å²) in [4.78, 5) is 27.6. The van der Waals surface area contributed by atoms with Crippen molar-refractivity contribution in [3.63, 3.8) is 0 Å². The highest BCUT2D eigenvalue weighted by atomic mass is 16.6. The Balaban J connectivity index is 1.47. The van der Waals surface area contributed by atoms with Gasteiger partial charge in [-0.05, 0) is 35.6 Å². The van der Waals surface area contributed by atoms with Crippen LogP contribution in [0.2, 0.25) is 0 Å². The van der Waals surface area contributed by atoms with Gasteiger partial charge in [0.05, 0.1) is 0 Å². The molecule has 1 aromatic heterocycles. The van der Waals surface area contributed by atoms with Gasteiger partial charge in [0.25, 0.3) is 0 Å². The summed E-state index contributed by atoms with van der Waals surface area (Å²) >= 11 is 0. The first-order chi connectivity index (χ1) is 15.5. The number of rotatable bonds is 7. The molecule has 3 aromatic rings. The van der Waals surface area contributed by atoms with Gasteiger partial charge in [0.15, 0.2) is 11.5 Å². The van der Waals surface area contributed by atoms with Gasteiger partial charge in [-0.15, -0.1) is 0 Å². The molecule has 0 atom stereocenters. The Bertz CT molecular complexity index is 1170. The molecule has 9 heteroatoms. The van der Waals surface area contributed by atoms with E-state index in [1.165, 1.54) is 10.8 Å². The number of nitrogens with zero attached hydrogens (tertiary/aromatic N) is 3. The highest BCUT2D eigenvalue weighted by molar-refractivity contribution is 5.93. The lowest BCUT2D eigenvalue weighted by Gasteiger charge is -2.20. The molecule has 4 rings (SSSR count). The van der Waals surface area contributed by atoms with Crippen LogP contribution >= 0.6 is 0 Å². The first-order valence-electron chi connectivity index (χ1n) is 10.0. The number of esters is 1. The van der Waals surface area contributed by atoms with Gasteiger partial charge in [-0.25, -0.2) is 14.3 Å². The zero-order valence-electron chi connectivity index (χ0n) is 17.4. The number of para-hydroxylation sites is 1. The molecule has 0 spiro atoms. The summed E-state index contributed by atoms with van der Waals surface area (Å²) in [7, 11) is 0. The summed E-state index contributed by atoms with van der Waals surface area (Å²) in [6.45, 7) is 2.74. The molecule has 1 aliphatic rings. The smallest absolute Gasteiger partial charge is 0.343 e. The van der Waals surface area contributed by atoms with Gasteiger partial charge in [-0.2, -0.15) is 0 Å². The number of aromatic nitrogens is 2. The summed E-state index contributed by atoms with van der Waals surface area (Å²) in [5.74, 6) is 0.450. The standard InChI is InChI=1S/C23H21N3O6/c1-16-5-7-17(8-6-16)9-10-20-24-15-21(26(28)29)25(20)11-12-32-23(27)18-3-2-4-19-22(18)31-14-13-30-19/h2-10,15H,11-14H2,1H3/b10-9-. The molecule has 1 aliphatic heterocycles. The molecule has 0 amide bonds. The monoisotopic (exact) mass is 435 g/mol. The average molecular weight is 435 g/mol. The fourth-order valence-corrected chi connectivity index (χ4v) is 3.28. The molecule has 0 N–H and O–H groups in total. The molecule has 2 aromatic carbocycles. The fourth-order valence-electron chi connectivity index (χ4n) is 3.28. The van der Waals surface area contributed by atoms with Crippen LogP contribution in [0.5, 0.6) is 11.5 Å². The van der Waals surface area contributed by atoms with Crippen LogP contribution in [-0.4, -0.2) is 40.3 Å². The SMILES string of the molecule is Cc1ccc(/C=C\c2ncc([N+](=O)[O-])n2CCOC(=O)c2cccc3c2OCCO3)cc1. The molecule has 2 heterocycles. The van der Waals surface area contributed by atoms with Crippen LogP contribution in [0.4, 0.5) is 5.82 Å². The molecule has 0 fully saturated rings. The van der Waals surface area contributed by atoms with E-state index in [2.05, 4.69) is 4.98 Å². The van der Waals surface area contributed by atoms with Crippen molar-refractivity contribution in [2.24, 2.45) is 0 Å². The summed E-state index contributed by atoms with van der Waals surface area (Å²) in [6, 6.07) is 12.8. The van der Waals surface area contributed by atoms with Crippen LogP contribution in [0, 0.1) is 17.0 Å². The first kappa shape index (κ1) is 21.1. The predicted octanol–water partition coefficient (Wildman–Crippen LogP) is 3.90. The largest absolute Gasteiger partial charge is 0.486 e. The lowest BCUT2D eigenvalue weighted by Crippen LogP contribution is -2.19. The third-order valence-electron chi connectivity index (χ3n) is 4.89. The van der Waals surface area contributed by atoms with E-state index in [9.17, 15) is 14.9 Å². The molecule has 32 heavy (non-hydrogen) atoms. The number of nitro groups is 1. The van der Waals surface area contributed by atoms with Crippen molar-refractivity contribution in [1.29, 1.82) is 0 Å². The normalized spacial score (nSPS) is 12.7. The number of hydrogen-bond acceptors (Lipinski definition) is 7. The van der Waals surface area contributed by atoms with Crippen molar-refractivity contribution in [2.45, 2.75) is 13.5 Å². The van der Waals surface area contributed by atoms with Gasteiger partial charge in [0.1, 0.15) is 38.1 Å². The minimum absolute atomic E-state index is 0.0714. The van der Waals surface area contributed by atoms with Gasteiger partial charge < -0.3 is 24.3 Å². The lowest BCUT2D eigenvalue weighted by atomic mass is 10.1. The van der Waals surface area contributed by atoms with Crippen LogP contribution in [-0.2, 0) is 11.3 Å². The Labute approximate surface area is 184 Å². The number of ether oxygens (including phenoxy) is 3. The van der Waals surface area contributed by atoms with Crippen LogP contribution in [0.25, 0.3) is 12.2 Å². The molecule has 9 nitrogen and oxygen atoms in total. The van der Waals surface area contributed by atoms with E-state index in [1.807, 2.05) is 37.3 Å². The minimum atomic E-state index is -0.591. The summed E-state index contributed by atoms with van der Waals surface area (Å²) in [5, 5.41) is 11.4. The number of aryl methyl sites for hydroxylation is 1. The van der Waals surface area contributed by atoms with Crippen LogP contribution in [0.15, 0.2) is 48.7 Å². The molecule has 0 saturated carbocycles. The maximum absolute atomic E-state index is 12.6. The third kappa shape index (κ3) is 4.61. The van der Waals surface area contributed by atoms with Gasteiger partial charge in [0, 0.05) is 6.08 Å². The second-order valence-electron chi connectivity index (χ2n) is 7.09. The Morgan fingerprint density at radius 2 is 1.97 bits per heavy atom. The number of carbonyl (C=O) groups is 1. The van der Waals surface area contributed by atoms with E-state index >= 15 is 0 Å². The molecular formula is C23H21N3O6. The number of hydrogen-bond donors (Lipinski definition) is 0. The van der Waals surface area contributed by atoms with E-state index in [1.54, 1.807) is 24.3 Å². The summed E-state index contributed by atoms with van der Waals surface area (Å²) < 4.78 is 17.8. The molecule has 164 valence electrons. The first-order valence-corrected chi connectivity index (χ1v) is 10.0.